The van der Waals surface area contributed by atoms with Crippen LogP contribution in [0.5, 0.6) is 0 Å². The van der Waals surface area contributed by atoms with Crippen molar-refractivity contribution in [3.63, 3.8) is 0 Å². The van der Waals surface area contributed by atoms with Gasteiger partial charge in [-0.25, -0.2) is 0 Å². The Morgan fingerprint density at radius 2 is 2.00 bits per heavy atom. The van der Waals surface area contributed by atoms with Gasteiger partial charge in [-0.1, -0.05) is 18.2 Å². The molecule has 0 spiro atoms. The molecule has 1 atom stereocenters. The van der Waals surface area contributed by atoms with Crippen LogP contribution in [0, 0.1) is 5.92 Å². The van der Waals surface area contributed by atoms with E-state index >= 15 is 0 Å². The summed E-state index contributed by atoms with van der Waals surface area (Å²) < 4.78 is 0. The average molecular weight is 256 g/mol. The summed E-state index contributed by atoms with van der Waals surface area (Å²) in [6.07, 6.45) is 5.89. The molecule has 100 valence electrons. The highest BCUT2D eigenvalue weighted by Crippen LogP contribution is 2.36. The maximum absolute atomic E-state index is 12.7. The molecule has 0 bridgehead atoms. The average Bonchev–Trinajstić information content (AvgIpc) is 3.32. The second-order valence-electron chi connectivity index (χ2n) is 6.22. The van der Waals surface area contributed by atoms with Crippen LogP contribution in [0.2, 0.25) is 0 Å². The van der Waals surface area contributed by atoms with Gasteiger partial charge < -0.3 is 10.2 Å². The monoisotopic (exact) mass is 256 g/mol. The van der Waals surface area contributed by atoms with Crippen LogP contribution in [0.25, 0.3) is 0 Å². The number of nitrogens with one attached hydrogen (secondary N) is 1. The molecule has 0 aromatic heterocycles. The van der Waals surface area contributed by atoms with Gasteiger partial charge in [-0.2, -0.15) is 0 Å². The molecule has 3 aliphatic rings. The van der Waals surface area contributed by atoms with Crippen molar-refractivity contribution in [1.82, 2.24) is 4.90 Å². The van der Waals surface area contributed by atoms with Gasteiger partial charge in [0, 0.05) is 24.7 Å². The molecule has 1 heterocycles. The summed E-state index contributed by atoms with van der Waals surface area (Å²) >= 11 is 0. The lowest BCUT2D eigenvalue weighted by atomic mass is 10.1. The number of nitrogens with zero attached hydrogens (tertiary/aromatic N) is 1. The zero-order chi connectivity index (χ0) is 12.8. The minimum absolute atomic E-state index is 0.0308. The summed E-state index contributed by atoms with van der Waals surface area (Å²) in [5.41, 5.74) is 2.42. The molecule has 1 aromatic rings. The summed E-state index contributed by atoms with van der Waals surface area (Å²) in [5.74, 6) is 1.11. The van der Waals surface area contributed by atoms with Crippen molar-refractivity contribution in [3.05, 3.63) is 29.8 Å². The zero-order valence-electron chi connectivity index (χ0n) is 11.1. The van der Waals surface area contributed by atoms with Gasteiger partial charge in [0.15, 0.2) is 0 Å². The Labute approximate surface area is 114 Å². The topological polar surface area (TPSA) is 32.3 Å². The quantitative estimate of drug-likeness (QED) is 0.897. The van der Waals surface area contributed by atoms with Crippen molar-refractivity contribution in [2.45, 2.75) is 44.2 Å². The number of hydrogen-bond donors (Lipinski definition) is 1. The second-order valence-corrected chi connectivity index (χ2v) is 6.22. The van der Waals surface area contributed by atoms with Gasteiger partial charge in [0.1, 0.15) is 6.04 Å². The lowest BCUT2D eigenvalue weighted by Crippen LogP contribution is -2.44. The van der Waals surface area contributed by atoms with Gasteiger partial charge in [0.25, 0.3) is 0 Å². The fraction of sp³-hybridized carbons (Fsp3) is 0.562. The van der Waals surface area contributed by atoms with E-state index in [9.17, 15) is 4.79 Å². The van der Waals surface area contributed by atoms with Crippen molar-refractivity contribution >= 4 is 11.6 Å². The van der Waals surface area contributed by atoms with Crippen LogP contribution in [0.15, 0.2) is 24.3 Å². The lowest BCUT2D eigenvalue weighted by molar-refractivity contribution is -0.132. The molecule has 4 rings (SSSR count). The van der Waals surface area contributed by atoms with Gasteiger partial charge in [0.05, 0.1) is 0 Å². The maximum Gasteiger partial charge on any atom is 0.245 e. The van der Waals surface area contributed by atoms with E-state index in [2.05, 4.69) is 28.4 Å². The number of carbonyl (C=O) groups is 1. The Morgan fingerprint density at radius 3 is 2.68 bits per heavy atom. The predicted octanol–water partition coefficient (Wildman–Crippen LogP) is 2.42. The van der Waals surface area contributed by atoms with Gasteiger partial charge in [-0.05, 0) is 43.2 Å². The molecule has 1 aromatic carbocycles. The molecule has 3 nitrogen and oxygen atoms in total. The van der Waals surface area contributed by atoms with E-state index in [1.165, 1.54) is 31.2 Å². The van der Waals surface area contributed by atoms with Crippen LogP contribution in [0.3, 0.4) is 0 Å². The van der Waals surface area contributed by atoms with E-state index < -0.39 is 0 Å². The summed E-state index contributed by atoms with van der Waals surface area (Å²) in [7, 11) is 0. The van der Waals surface area contributed by atoms with E-state index in [-0.39, 0.29) is 6.04 Å². The van der Waals surface area contributed by atoms with Crippen LogP contribution in [-0.4, -0.2) is 29.4 Å². The summed E-state index contributed by atoms with van der Waals surface area (Å²) in [4.78, 5) is 14.9. The predicted molar refractivity (Wildman–Crippen MR) is 75.0 cm³/mol. The number of para-hydroxylation sites is 1. The Kier molecular flexibility index (Phi) is 2.54. The highest BCUT2D eigenvalue weighted by atomic mass is 16.2. The molecule has 0 saturated heterocycles. The molecule has 0 unspecified atom stereocenters. The third-order valence-electron chi connectivity index (χ3n) is 4.49. The normalized spacial score (nSPS) is 24.7. The standard InChI is InChI=1S/C16H20N2O/c19-16(18(13-7-8-13)10-11-5-6-11)15-9-12-3-1-2-4-14(12)17-15/h1-4,11,13,15,17H,5-10H2/t15-/m0/s1. The van der Waals surface area contributed by atoms with E-state index in [1.54, 1.807) is 0 Å². The minimum atomic E-state index is -0.0308. The van der Waals surface area contributed by atoms with E-state index in [0.717, 1.165) is 24.6 Å². The SMILES string of the molecule is O=C([C@@H]1Cc2ccccc2N1)N(CC1CC1)C1CC1. The summed E-state index contributed by atoms with van der Waals surface area (Å²) in [6, 6.07) is 8.79. The fourth-order valence-corrected chi connectivity index (χ4v) is 3.03. The molecule has 2 fully saturated rings. The van der Waals surface area contributed by atoms with Gasteiger partial charge >= 0.3 is 0 Å². The molecule has 0 radical (unpaired) electrons. The number of rotatable bonds is 4. The Bertz CT molecular complexity index is 480. The first-order chi connectivity index (χ1) is 9.31. The van der Waals surface area contributed by atoms with Crippen LogP contribution in [0.1, 0.15) is 31.2 Å². The van der Waals surface area contributed by atoms with Crippen LogP contribution >= 0.6 is 0 Å². The van der Waals surface area contributed by atoms with E-state index in [4.69, 9.17) is 0 Å². The van der Waals surface area contributed by atoms with Crippen LogP contribution in [0.4, 0.5) is 5.69 Å². The second kappa shape index (κ2) is 4.26. The first-order valence-electron chi connectivity index (χ1n) is 7.46. The Morgan fingerprint density at radius 1 is 1.21 bits per heavy atom. The third-order valence-corrected chi connectivity index (χ3v) is 4.49. The highest BCUT2D eigenvalue weighted by Gasteiger charge is 2.40. The number of fused-ring (bicyclic) bond motifs is 1. The Balaban J connectivity index is 1.48. The molecular formula is C16H20N2O. The maximum atomic E-state index is 12.7. The molecule has 1 aliphatic heterocycles. The lowest BCUT2D eigenvalue weighted by Gasteiger charge is -2.25. The van der Waals surface area contributed by atoms with Crippen molar-refractivity contribution in [3.8, 4) is 0 Å². The molecule has 19 heavy (non-hydrogen) atoms. The molecule has 3 heteroatoms. The molecular weight excluding hydrogens is 236 g/mol. The van der Waals surface area contributed by atoms with Crippen molar-refractivity contribution in [2.75, 3.05) is 11.9 Å². The Hall–Kier alpha value is -1.51. The third kappa shape index (κ3) is 2.22. The smallest absolute Gasteiger partial charge is 0.245 e. The number of benzene rings is 1. The van der Waals surface area contributed by atoms with Crippen LogP contribution in [-0.2, 0) is 11.2 Å². The minimum Gasteiger partial charge on any atom is -0.373 e. The van der Waals surface area contributed by atoms with E-state index in [0.29, 0.717) is 11.9 Å². The number of anilines is 1. The summed E-state index contributed by atoms with van der Waals surface area (Å²) in [6.45, 7) is 0.998. The molecule has 2 aliphatic carbocycles. The van der Waals surface area contributed by atoms with Gasteiger partial charge in [-0.15, -0.1) is 0 Å². The number of carbonyl (C=O) groups excluding carboxylic acids is 1. The molecule has 2 saturated carbocycles. The van der Waals surface area contributed by atoms with Gasteiger partial charge in [0.2, 0.25) is 5.91 Å². The largest absolute Gasteiger partial charge is 0.373 e. The molecule has 1 amide bonds. The zero-order valence-corrected chi connectivity index (χ0v) is 11.1. The van der Waals surface area contributed by atoms with Crippen molar-refractivity contribution in [1.29, 1.82) is 0 Å². The number of hydrogen-bond acceptors (Lipinski definition) is 2. The fourth-order valence-electron chi connectivity index (χ4n) is 3.03. The summed E-state index contributed by atoms with van der Waals surface area (Å²) in [5, 5.41) is 3.40. The van der Waals surface area contributed by atoms with Gasteiger partial charge in [-0.3, -0.25) is 4.79 Å². The van der Waals surface area contributed by atoms with Crippen molar-refractivity contribution in [2.24, 2.45) is 5.92 Å². The number of amides is 1. The van der Waals surface area contributed by atoms with Crippen LogP contribution < -0.4 is 5.32 Å². The molecule has 1 N–H and O–H groups in total. The first kappa shape index (κ1) is 11.3. The highest BCUT2D eigenvalue weighted by molar-refractivity contribution is 5.88. The first-order valence-corrected chi connectivity index (χ1v) is 7.46. The van der Waals surface area contributed by atoms with Crippen molar-refractivity contribution < 1.29 is 4.79 Å². The van der Waals surface area contributed by atoms with E-state index in [1.807, 2.05) is 6.07 Å².